The third-order valence-corrected chi connectivity index (χ3v) is 3.37. The quantitative estimate of drug-likeness (QED) is 0.777. The van der Waals surface area contributed by atoms with Crippen molar-refractivity contribution < 1.29 is 19.1 Å². The molecule has 1 aromatic rings. The summed E-state index contributed by atoms with van der Waals surface area (Å²) in [6.07, 6.45) is 1.34. The number of benzene rings is 1. The maximum Gasteiger partial charge on any atom is 0.325 e. The van der Waals surface area contributed by atoms with Gasteiger partial charge in [-0.25, -0.2) is 4.79 Å². The first-order valence-electron chi connectivity index (χ1n) is 7.11. The second kappa shape index (κ2) is 6.93. The van der Waals surface area contributed by atoms with E-state index >= 15 is 0 Å². The molecule has 2 N–H and O–H groups in total. The monoisotopic (exact) mass is 305 g/mol. The molecular formula is C15H19N3O4. The topological polar surface area (TPSA) is 87.7 Å². The smallest absolute Gasteiger partial charge is 0.325 e. The Hall–Kier alpha value is -2.57. The van der Waals surface area contributed by atoms with Gasteiger partial charge in [-0.15, -0.1) is 0 Å². The SMILES string of the molecule is CCCC1NC(=O)N(CC(=O)Nc2ccccc2OC)C1=O. The van der Waals surface area contributed by atoms with E-state index in [1.165, 1.54) is 7.11 Å². The van der Waals surface area contributed by atoms with Gasteiger partial charge in [0.2, 0.25) is 5.91 Å². The molecule has 7 nitrogen and oxygen atoms in total. The maximum atomic E-state index is 12.1. The molecule has 1 atom stereocenters. The van der Waals surface area contributed by atoms with Crippen molar-refractivity contribution in [3.8, 4) is 5.75 Å². The molecule has 0 radical (unpaired) electrons. The van der Waals surface area contributed by atoms with Crippen LogP contribution in [0, 0.1) is 0 Å². The molecule has 0 saturated carbocycles. The fraction of sp³-hybridized carbons (Fsp3) is 0.400. The van der Waals surface area contributed by atoms with Crippen molar-refractivity contribution in [2.75, 3.05) is 19.0 Å². The van der Waals surface area contributed by atoms with Crippen molar-refractivity contribution in [3.63, 3.8) is 0 Å². The van der Waals surface area contributed by atoms with Crippen LogP contribution in [0.5, 0.6) is 5.75 Å². The lowest BCUT2D eigenvalue weighted by Gasteiger charge is -2.14. The molecule has 1 heterocycles. The van der Waals surface area contributed by atoms with E-state index in [9.17, 15) is 14.4 Å². The number of imide groups is 1. The van der Waals surface area contributed by atoms with Crippen molar-refractivity contribution in [1.29, 1.82) is 0 Å². The Kier molecular flexibility index (Phi) is 4.98. The number of anilines is 1. The van der Waals surface area contributed by atoms with Crippen LogP contribution in [0.25, 0.3) is 0 Å². The van der Waals surface area contributed by atoms with Gasteiger partial charge in [0.05, 0.1) is 12.8 Å². The number of methoxy groups -OCH3 is 1. The van der Waals surface area contributed by atoms with Crippen LogP contribution >= 0.6 is 0 Å². The fourth-order valence-corrected chi connectivity index (χ4v) is 2.29. The van der Waals surface area contributed by atoms with E-state index in [2.05, 4.69) is 10.6 Å². The molecule has 1 aromatic carbocycles. The Morgan fingerprint density at radius 3 is 2.77 bits per heavy atom. The zero-order valence-corrected chi connectivity index (χ0v) is 12.6. The summed E-state index contributed by atoms with van der Waals surface area (Å²) in [5, 5.41) is 5.22. The van der Waals surface area contributed by atoms with Crippen LogP contribution in [0.3, 0.4) is 0 Å². The summed E-state index contributed by atoms with van der Waals surface area (Å²) < 4.78 is 5.13. The van der Waals surface area contributed by atoms with E-state index in [-0.39, 0.29) is 12.5 Å². The second-order valence-corrected chi connectivity index (χ2v) is 4.96. The highest BCUT2D eigenvalue weighted by Crippen LogP contribution is 2.23. The van der Waals surface area contributed by atoms with Crippen LogP contribution in [0.4, 0.5) is 10.5 Å². The summed E-state index contributed by atoms with van der Waals surface area (Å²) in [7, 11) is 1.50. The zero-order chi connectivity index (χ0) is 16.1. The van der Waals surface area contributed by atoms with E-state index in [4.69, 9.17) is 4.74 Å². The minimum atomic E-state index is -0.531. The Balaban J connectivity index is 2.00. The number of ether oxygens (including phenoxy) is 1. The molecule has 4 amide bonds. The Bertz CT molecular complexity index is 588. The van der Waals surface area contributed by atoms with Crippen molar-refractivity contribution in [2.45, 2.75) is 25.8 Å². The number of para-hydroxylation sites is 2. The largest absolute Gasteiger partial charge is 0.495 e. The van der Waals surface area contributed by atoms with Gasteiger partial charge >= 0.3 is 6.03 Å². The molecule has 1 unspecified atom stereocenters. The van der Waals surface area contributed by atoms with Crippen LogP contribution < -0.4 is 15.4 Å². The molecule has 0 bridgehead atoms. The number of hydrogen-bond donors (Lipinski definition) is 2. The van der Waals surface area contributed by atoms with E-state index in [1.54, 1.807) is 24.3 Å². The number of carbonyl (C=O) groups excluding carboxylic acids is 3. The van der Waals surface area contributed by atoms with Crippen LogP contribution in [0.2, 0.25) is 0 Å². The first-order valence-corrected chi connectivity index (χ1v) is 7.11. The van der Waals surface area contributed by atoms with Gasteiger partial charge in [0.25, 0.3) is 5.91 Å². The average molecular weight is 305 g/mol. The van der Waals surface area contributed by atoms with Gasteiger partial charge in [0.15, 0.2) is 0 Å². The van der Waals surface area contributed by atoms with Crippen LogP contribution in [0.1, 0.15) is 19.8 Å². The number of nitrogens with one attached hydrogen (secondary N) is 2. The summed E-state index contributed by atoms with van der Waals surface area (Å²) >= 11 is 0. The van der Waals surface area contributed by atoms with Gasteiger partial charge in [0, 0.05) is 0 Å². The summed E-state index contributed by atoms with van der Waals surface area (Å²) in [6, 6.07) is 5.86. The molecular weight excluding hydrogens is 286 g/mol. The second-order valence-electron chi connectivity index (χ2n) is 4.96. The van der Waals surface area contributed by atoms with E-state index in [0.29, 0.717) is 17.9 Å². The maximum absolute atomic E-state index is 12.1. The van der Waals surface area contributed by atoms with E-state index < -0.39 is 18.0 Å². The number of hydrogen-bond acceptors (Lipinski definition) is 4. The number of nitrogens with zero attached hydrogens (tertiary/aromatic N) is 1. The first kappa shape index (κ1) is 15.8. The third-order valence-electron chi connectivity index (χ3n) is 3.37. The predicted molar refractivity (Wildman–Crippen MR) is 80.6 cm³/mol. The van der Waals surface area contributed by atoms with Gasteiger partial charge in [-0.05, 0) is 18.6 Å². The number of urea groups is 1. The highest BCUT2D eigenvalue weighted by molar-refractivity contribution is 6.08. The van der Waals surface area contributed by atoms with Crippen LogP contribution in [-0.2, 0) is 9.59 Å². The predicted octanol–water partition coefficient (Wildman–Crippen LogP) is 1.35. The Morgan fingerprint density at radius 2 is 2.09 bits per heavy atom. The molecule has 0 aliphatic carbocycles. The zero-order valence-electron chi connectivity index (χ0n) is 12.6. The number of rotatable bonds is 6. The Morgan fingerprint density at radius 1 is 1.36 bits per heavy atom. The summed E-state index contributed by atoms with van der Waals surface area (Å²) in [4.78, 5) is 36.8. The van der Waals surface area contributed by atoms with Gasteiger partial charge in [-0.3, -0.25) is 14.5 Å². The normalized spacial score (nSPS) is 17.4. The molecule has 118 valence electrons. The van der Waals surface area contributed by atoms with Crippen LogP contribution in [0.15, 0.2) is 24.3 Å². The van der Waals surface area contributed by atoms with Crippen molar-refractivity contribution in [1.82, 2.24) is 10.2 Å². The molecule has 0 aromatic heterocycles. The lowest BCUT2D eigenvalue weighted by Crippen LogP contribution is -2.38. The van der Waals surface area contributed by atoms with Gasteiger partial charge in [0.1, 0.15) is 18.3 Å². The third kappa shape index (κ3) is 3.36. The molecule has 22 heavy (non-hydrogen) atoms. The molecule has 1 aliphatic rings. The molecule has 1 fully saturated rings. The number of carbonyl (C=O) groups is 3. The fourth-order valence-electron chi connectivity index (χ4n) is 2.29. The summed E-state index contributed by atoms with van der Waals surface area (Å²) in [5.74, 6) is -0.302. The average Bonchev–Trinajstić information content (AvgIpc) is 2.76. The van der Waals surface area contributed by atoms with Gasteiger partial charge < -0.3 is 15.4 Å². The lowest BCUT2D eigenvalue weighted by atomic mass is 10.2. The van der Waals surface area contributed by atoms with Crippen molar-refractivity contribution in [3.05, 3.63) is 24.3 Å². The molecule has 2 rings (SSSR count). The standard InChI is InChI=1S/C15H19N3O4/c1-3-6-11-14(20)18(15(21)17-11)9-13(19)16-10-7-4-5-8-12(10)22-2/h4-5,7-8,11H,3,6,9H2,1-2H3,(H,16,19)(H,17,21). The summed E-state index contributed by atoms with van der Waals surface area (Å²) in [5.41, 5.74) is 0.493. The van der Waals surface area contributed by atoms with E-state index in [0.717, 1.165) is 11.3 Å². The summed E-state index contributed by atoms with van der Waals surface area (Å²) in [6.45, 7) is 1.61. The molecule has 7 heteroatoms. The minimum absolute atomic E-state index is 0.317. The minimum Gasteiger partial charge on any atom is -0.495 e. The molecule has 1 aliphatic heterocycles. The lowest BCUT2D eigenvalue weighted by molar-refractivity contribution is -0.130. The van der Waals surface area contributed by atoms with Gasteiger partial charge in [-0.1, -0.05) is 25.5 Å². The number of amides is 4. The molecule has 0 spiro atoms. The van der Waals surface area contributed by atoms with E-state index in [1.807, 2.05) is 6.92 Å². The van der Waals surface area contributed by atoms with Crippen LogP contribution in [-0.4, -0.2) is 42.4 Å². The Labute approximate surface area is 128 Å². The van der Waals surface area contributed by atoms with Gasteiger partial charge in [-0.2, -0.15) is 0 Å². The highest BCUT2D eigenvalue weighted by Gasteiger charge is 2.38. The van der Waals surface area contributed by atoms with Crippen molar-refractivity contribution in [2.24, 2.45) is 0 Å². The molecule has 1 saturated heterocycles. The first-order chi connectivity index (χ1) is 10.6. The highest BCUT2D eigenvalue weighted by atomic mass is 16.5. The van der Waals surface area contributed by atoms with Crippen molar-refractivity contribution >= 4 is 23.5 Å².